The van der Waals surface area contributed by atoms with Crippen LogP contribution >= 0.6 is 0 Å². The van der Waals surface area contributed by atoms with Gasteiger partial charge in [0.05, 0.1) is 5.69 Å². The lowest BCUT2D eigenvalue weighted by molar-refractivity contribution is -0.118. The molecular formula is C17H18N2O2. The van der Waals surface area contributed by atoms with E-state index in [2.05, 4.69) is 10.3 Å². The lowest BCUT2D eigenvalue weighted by Crippen LogP contribution is -2.17. The molecule has 0 heterocycles. The van der Waals surface area contributed by atoms with Crippen molar-refractivity contribution in [2.45, 2.75) is 13.8 Å². The molecule has 0 fully saturated rings. The molecule has 0 aliphatic heterocycles. The van der Waals surface area contributed by atoms with Gasteiger partial charge in [-0.15, -0.1) is 0 Å². The Labute approximate surface area is 124 Å². The molecule has 2 rings (SSSR count). The normalized spacial score (nSPS) is 11.0. The Morgan fingerprint density at radius 1 is 1.19 bits per heavy atom. The van der Waals surface area contributed by atoms with Gasteiger partial charge in [0, 0.05) is 23.4 Å². The Morgan fingerprint density at radius 2 is 1.95 bits per heavy atom. The number of nitrogens with one attached hydrogen (secondary N) is 1. The maximum atomic E-state index is 11.7. The zero-order valence-electron chi connectivity index (χ0n) is 12.1. The molecule has 0 spiro atoms. The number of rotatable bonds is 4. The number of carbonyl (C=O) groups excluding carboxylic acids is 1. The van der Waals surface area contributed by atoms with Gasteiger partial charge in [0.25, 0.3) is 0 Å². The van der Waals surface area contributed by atoms with Crippen LogP contribution in [-0.4, -0.2) is 17.2 Å². The fraction of sp³-hybridized carbons (Fsp3) is 0.176. The number of benzene rings is 2. The van der Waals surface area contributed by atoms with Crippen LogP contribution in [0.2, 0.25) is 0 Å². The number of hydrogen-bond acceptors (Lipinski definition) is 3. The summed E-state index contributed by atoms with van der Waals surface area (Å²) in [6.07, 6.45) is 1.60. The molecule has 0 aliphatic carbocycles. The standard InChI is InChI=1S/C17H18N2O2/c1-12(2)17(21)19-15-8-5-7-14(10-15)18-11-13-6-3-4-9-16(13)20/h3-12,20H,1-2H3,(H,19,21). The van der Waals surface area contributed by atoms with E-state index in [-0.39, 0.29) is 17.6 Å². The Kier molecular flexibility index (Phi) is 4.72. The second-order valence-corrected chi connectivity index (χ2v) is 5.01. The monoisotopic (exact) mass is 282 g/mol. The lowest BCUT2D eigenvalue weighted by atomic mass is 10.2. The predicted octanol–water partition coefficient (Wildman–Crippen LogP) is 3.74. The van der Waals surface area contributed by atoms with Crippen molar-refractivity contribution in [3.8, 4) is 5.75 Å². The molecule has 108 valence electrons. The number of hydrogen-bond donors (Lipinski definition) is 2. The molecule has 0 aliphatic rings. The topological polar surface area (TPSA) is 61.7 Å². The van der Waals surface area contributed by atoms with Crippen LogP contribution in [0.25, 0.3) is 0 Å². The molecule has 2 aromatic carbocycles. The summed E-state index contributed by atoms with van der Waals surface area (Å²) in [7, 11) is 0. The summed E-state index contributed by atoms with van der Waals surface area (Å²) in [5, 5.41) is 12.5. The van der Waals surface area contributed by atoms with Crippen molar-refractivity contribution in [2.75, 3.05) is 5.32 Å². The van der Waals surface area contributed by atoms with Crippen LogP contribution in [0.5, 0.6) is 5.75 Å². The summed E-state index contributed by atoms with van der Waals surface area (Å²) in [6, 6.07) is 14.3. The smallest absolute Gasteiger partial charge is 0.226 e. The molecule has 0 bridgehead atoms. The van der Waals surface area contributed by atoms with E-state index >= 15 is 0 Å². The van der Waals surface area contributed by atoms with Crippen molar-refractivity contribution in [2.24, 2.45) is 10.9 Å². The molecule has 21 heavy (non-hydrogen) atoms. The molecular weight excluding hydrogens is 264 g/mol. The average Bonchev–Trinajstić information content (AvgIpc) is 2.46. The number of anilines is 1. The third-order valence-corrected chi connectivity index (χ3v) is 2.93. The van der Waals surface area contributed by atoms with Crippen molar-refractivity contribution in [1.29, 1.82) is 0 Å². The highest BCUT2D eigenvalue weighted by atomic mass is 16.3. The van der Waals surface area contributed by atoms with Crippen LogP contribution in [0, 0.1) is 5.92 Å². The van der Waals surface area contributed by atoms with Gasteiger partial charge in [0.1, 0.15) is 5.75 Å². The molecule has 0 atom stereocenters. The van der Waals surface area contributed by atoms with Gasteiger partial charge in [-0.3, -0.25) is 9.79 Å². The molecule has 1 amide bonds. The van der Waals surface area contributed by atoms with E-state index in [0.717, 1.165) is 0 Å². The van der Waals surface area contributed by atoms with E-state index in [1.54, 1.807) is 30.5 Å². The highest BCUT2D eigenvalue weighted by Crippen LogP contribution is 2.20. The molecule has 0 aromatic heterocycles. The Morgan fingerprint density at radius 3 is 2.67 bits per heavy atom. The molecule has 4 nitrogen and oxygen atoms in total. The highest BCUT2D eigenvalue weighted by molar-refractivity contribution is 5.92. The second kappa shape index (κ2) is 6.70. The zero-order chi connectivity index (χ0) is 15.2. The average molecular weight is 282 g/mol. The highest BCUT2D eigenvalue weighted by Gasteiger charge is 2.06. The van der Waals surface area contributed by atoms with Crippen molar-refractivity contribution in [3.05, 3.63) is 54.1 Å². The largest absolute Gasteiger partial charge is 0.507 e. The van der Waals surface area contributed by atoms with E-state index in [4.69, 9.17) is 0 Å². The van der Waals surface area contributed by atoms with E-state index < -0.39 is 0 Å². The molecule has 0 saturated heterocycles. The van der Waals surface area contributed by atoms with Gasteiger partial charge in [-0.25, -0.2) is 0 Å². The van der Waals surface area contributed by atoms with Gasteiger partial charge in [0.2, 0.25) is 5.91 Å². The van der Waals surface area contributed by atoms with E-state index in [0.29, 0.717) is 16.9 Å². The van der Waals surface area contributed by atoms with Crippen molar-refractivity contribution >= 4 is 23.5 Å². The maximum Gasteiger partial charge on any atom is 0.226 e. The zero-order valence-corrected chi connectivity index (χ0v) is 12.1. The maximum absolute atomic E-state index is 11.7. The van der Waals surface area contributed by atoms with Crippen LogP contribution in [0.15, 0.2) is 53.5 Å². The van der Waals surface area contributed by atoms with E-state index in [1.165, 1.54) is 0 Å². The number of para-hydroxylation sites is 1. The van der Waals surface area contributed by atoms with Gasteiger partial charge in [-0.2, -0.15) is 0 Å². The summed E-state index contributed by atoms with van der Waals surface area (Å²) in [5.41, 5.74) is 2.06. The van der Waals surface area contributed by atoms with Gasteiger partial charge >= 0.3 is 0 Å². The molecule has 0 unspecified atom stereocenters. The summed E-state index contributed by atoms with van der Waals surface area (Å²) in [6.45, 7) is 3.69. The quantitative estimate of drug-likeness (QED) is 0.839. The van der Waals surface area contributed by atoms with Crippen LogP contribution in [0.1, 0.15) is 19.4 Å². The number of aliphatic imine (C=N–C) groups is 1. The number of carbonyl (C=O) groups is 1. The van der Waals surface area contributed by atoms with Crippen LogP contribution in [-0.2, 0) is 4.79 Å². The number of aromatic hydroxyl groups is 1. The lowest BCUT2D eigenvalue weighted by Gasteiger charge is -2.07. The van der Waals surface area contributed by atoms with Gasteiger partial charge in [0.15, 0.2) is 0 Å². The molecule has 2 aromatic rings. The summed E-state index contributed by atoms with van der Waals surface area (Å²) >= 11 is 0. The minimum atomic E-state index is -0.0709. The number of phenols is 1. The first-order chi connectivity index (χ1) is 10.1. The summed E-state index contributed by atoms with van der Waals surface area (Å²) in [5.74, 6) is 0.0840. The van der Waals surface area contributed by atoms with E-state index in [1.807, 2.05) is 38.1 Å². The van der Waals surface area contributed by atoms with Crippen LogP contribution in [0.3, 0.4) is 0 Å². The third kappa shape index (κ3) is 4.18. The van der Waals surface area contributed by atoms with E-state index in [9.17, 15) is 9.90 Å². The third-order valence-electron chi connectivity index (χ3n) is 2.93. The van der Waals surface area contributed by atoms with Crippen molar-refractivity contribution < 1.29 is 9.90 Å². The summed E-state index contributed by atoms with van der Waals surface area (Å²) in [4.78, 5) is 16.0. The Bertz CT molecular complexity index is 663. The fourth-order valence-electron chi connectivity index (χ4n) is 1.69. The Hall–Kier alpha value is -2.62. The fourth-order valence-corrected chi connectivity index (χ4v) is 1.69. The molecule has 2 N–H and O–H groups in total. The SMILES string of the molecule is CC(C)C(=O)Nc1cccc(N=Cc2ccccc2O)c1. The number of nitrogens with zero attached hydrogens (tertiary/aromatic N) is 1. The predicted molar refractivity (Wildman–Crippen MR) is 85.3 cm³/mol. The number of amides is 1. The van der Waals surface area contributed by atoms with Gasteiger partial charge < -0.3 is 10.4 Å². The van der Waals surface area contributed by atoms with Crippen LogP contribution < -0.4 is 5.32 Å². The summed E-state index contributed by atoms with van der Waals surface area (Å²) < 4.78 is 0. The minimum absolute atomic E-state index is 0.0307. The van der Waals surface area contributed by atoms with Gasteiger partial charge in [-0.05, 0) is 30.3 Å². The molecule has 0 saturated carbocycles. The Balaban J connectivity index is 2.15. The second-order valence-electron chi connectivity index (χ2n) is 5.01. The first-order valence-corrected chi connectivity index (χ1v) is 6.79. The van der Waals surface area contributed by atoms with Crippen LogP contribution in [0.4, 0.5) is 11.4 Å². The minimum Gasteiger partial charge on any atom is -0.507 e. The van der Waals surface area contributed by atoms with Crippen molar-refractivity contribution in [3.63, 3.8) is 0 Å². The number of phenolic OH excluding ortho intramolecular Hbond substituents is 1. The molecule has 4 heteroatoms. The first kappa shape index (κ1) is 14.8. The van der Waals surface area contributed by atoms with Gasteiger partial charge in [-0.1, -0.05) is 32.0 Å². The first-order valence-electron chi connectivity index (χ1n) is 6.79. The molecule has 0 radical (unpaired) electrons. The van der Waals surface area contributed by atoms with Crippen molar-refractivity contribution in [1.82, 2.24) is 0 Å².